The number of nitrogens with zero attached hydrogens (tertiary/aromatic N) is 3. The molecular weight excluding hydrogens is 321 g/mol. The molecule has 0 aliphatic carbocycles. The number of hydrogen-bond acceptors (Lipinski definition) is 4. The Bertz CT molecular complexity index is 718. The number of hydrazine groups is 1. The van der Waals surface area contributed by atoms with E-state index in [4.69, 9.17) is 0 Å². The average Bonchev–Trinajstić information content (AvgIpc) is 3.34. The van der Waals surface area contributed by atoms with Crippen LogP contribution in [0, 0.1) is 5.82 Å². The first kappa shape index (κ1) is 16.2. The third kappa shape index (κ3) is 3.43. The Hall–Kier alpha value is -2.25. The van der Waals surface area contributed by atoms with Gasteiger partial charge in [0.25, 0.3) is 0 Å². The lowest BCUT2D eigenvalue weighted by Gasteiger charge is -2.34. The zero-order valence-corrected chi connectivity index (χ0v) is 13.9. The zero-order chi connectivity index (χ0) is 17.2. The van der Waals surface area contributed by atoms with Gasteiger partial charge < -0.3 is 4.90 Å². The number of rotatable bonds is 3. The molecule has 2 aliphatic rings. The predicted octanol–water partition coefficient (Wildman–Crippen LogP) is 1.79. The fraction of sp³-hybridized carbons (Fsp3) is 0.444. The predicted molar refractivity (Wildman–Crippen MR) is 90.9 cm³/mol. The number of halogens is 1. The van der Waals surface area contributed by atoms with E-state index in [9.17, 15) is 9.18 Å². The first-order chi connectivity index (χ1) is 12.2. The number of carbonyl (C=O) groups excluding carboxylic acids is 1. The maximum Gasteiger partial charge on any atom is 0.241 e. The van der Waals surface area contributed by atoms with Crippen molar-refractivity contribution in [2.24, 2.45) is 0 Å². The second kappa shape index (κ2) is 6.93. The summed E-state index contributed by atoms with van der Waals surface area (Å²) < 4.78 is 15.0. The van der Waals surface area contributed by atoms with Crippen molar-refractivity contribution in [3.63, 3.8) is 0 Å². The summed E-state index contributed by atoms with van der Waals surface area (Å²) in [5, 5.41) is 4.31. The minimum absolute atomic E-state index is 0.0150. The van der Waals surface area contributed by atoms with Crippen molar-refractivity contribution in [2.75, 3.05) is 13.1 Å². The van der Waals surface area contributed by atoms with Gasteiger partial charge in [-0.3, -0.25) is 9.48 Å². The molecule has 0 bridgehead atoms. The topological polar surface area (TPSA) is 62.2 Å². The third-order valence-corrected chi connectivity index (χ3v) is 5.08. The van der Waals surface area contributed by atoms with E-state index in [-0.39, 0.29) is 29.8 Å². The maximum absolute atomic E-state index is 13.1. The maximum atomic E-state index is 13.1. The number of piperidine rings is 1. The van der Waals surface area contributed by atoms with Crippen molar-refractivity contribution in [1.82, 2.24) is 25.5 Å². The Morgan fingerprint density at radius 3 is 2.84 bits per heavy atom. The van der Waals surface area contributed by atoms with Gasteiger partial charge >= 0.3 is 0 Å². The lowest BCUT2D eigenvalue weighted by Crippen LogP contribution is -2.49. The van der Waals surface area contributed by atoms with Crippen LogP contribution in [0.15, 0.2) is 42.7 Å². The van der Waals surface area contributed by atoms with Crippen LogP contribution in [0.3, 0.4) is 0 Å². The molecule has 132 valence electrons. The standard InChI is InChI=1S/C18H22FN5O/c19-14-6-4-13(5-7-14)16-11-17(22-21-16)18(25)23-9-1-3-15(12-23)24-10-2-8-20-24/h2,4-8,10,15-17,21-22H,1,3,9,11-12H2. The quantitative estimate of drug-likeness (QED) is 0.892. The van der Waals surface area contributed by atoms with E-state index in [1.165, 1.54) is 12.1 Å². The molecule has 3 unspecified atom stereocenters. The Morgan fingerprint density at radius 2 is 2.08 bits per heavy atom. The summed E-state index contributed by atoms with van der Waals surface area (Å²) in [5.74, 6) is -0.130. The van der Waals surface area contributed by atoms with Gasteiger partial charge in [0.15, 0.2) is 0 Å². The number of hydrogen-bond donors (Lipinski definition) is 2. The summed E-state index contributed by atoms with van der Waals surface area (Å²) in [6.45, 7) is 1.48. The van der Waals surface area contributed by atoms with Gasteiger partial charge in [-0.2, -0.15) is 5.10 Å². The zero-order valence-electron chi connectivity index (χ0n) is 13.9. The molecule has 2 aromatic rings. The van der Waals surface area contributed by atoms with Crippen LogP contribution < -0.4 is 10.9 Å². The van der Waals surface area contributed by atoms with Crippen LogP contribution in [0.5, 0.6) is 0 Å². The van der Waals surface area contributed by atoms with Gasteiger partial charge in [-0.1, -0.05) is 12.1 Å². The van der Waals surface area contributed by atoms with Gasteiger partial charge in [0.2, 0.25) is 5.91 Å². The number of amides is 1. The van der Waals surface area contributed by atoms with Crippen molar-refractivity contribution in [3.8, 4) is 0 Å². The Morgan fingerprint density at radius 1 is 1.24 bits per heavy atom. The van der Waals surface area contributed by atoms with E-state index >= 15 is 0 Å². The Kier molecular flexibility index (Phi) is 4.50. The minimum atomic E-state index is -0.258. The highest BCUT2D eigenvalue weighted by atomic mass is 19.1. The molecule has 3 heterocycles. The van der Waals surface area contributed by atoms with Crippen LogP contribution >= 0.6 is 0 Å². The third-order valence-electron chi connectivity index (χ3n) is 5.08. The number of aromatic nitrogens is 2. The van der Waals surface area contributed by atoms with Gasteiger partial charge in [0.05, 0.1) is 6.04 Å². The fourth-order valence-electron chi connectivity index (χ4n) is 3.72. The monoisotopic (exact) mass is 343 g/mol. The van der Waals surface area contributed by atoms with Crippen LogP contribution in [-0.4, -0.2) is 39.7 Å². The molecule has 1 aromatic carbocycles. The van der Waals surface area contributed by atoms with Crippen LogP contribution in [0.4, 0.5) is 4.39 Å². The van der Waals surface area contributed by atoms with E-state index in [0.717, 1.165) is 24.9 Å². The van der Waals surface area contributed by atoms with E-state index in [1.54, 1.807) is 18.3 Å². The molecule has 3 atom stereocenters. The molecule has 2 saturated heterocycles. The van der Waals surface area contributed by atoms with Gasteiger partial charge in [-0.05, 0) is 43.0 Å². The lowest BCUT2D eigenvalue weighted by atomic mass is 10.00. The summed E-state index contributed by atoms with van der Waals surface area (Å²) in [6, 6.07) is 8.34. The van der Waals surface area contributed by atoms with E-state index < -0.39 is 0 Å². The summed E-state index contributed by atoms with van der Waals surface area (Å²) in [7, 11) is 0. The molecular formula is C18H22FN5O. The minimum Gasteiger partial charge on any atom is -0.339 e. The van der Waals surface area contributed by atoms with Crippen LogP contribution in [0.25, 0.3) is 0 Å². The summed E-state index contributed by atoms with van der Waals surface area (Å²) in [6.07, 6.45) is 6.42. The van der Waals surface area contributed by atoms with Crippen LogP contribution in [0.1, 0.15) is 36.9 Å². The molecule has 1 amide bonds. The van der Waals surface area contributed by atoms with E-state index in [2.05, 4.69) is 16.0 Å². The Balaban J connectivity index is 1.39. The average molecular weight is 343 g/mol. The first-order valence-electron chi connectivity index (χ1n) is 8.75. The van der Waals surface area contributed by atoms with Crippen molar-refractivity contribution < 1.29 is 9.18 Å². The molecule has 25 heavy (non-hydrogen) atoms. The first-order valence-corrected chi connectivity index (χ1v) is 8.75. The van der Waals surface area contributed by atoms with Gasteiger partial charge in [0, 0.05) is 31.5 Å². The molecule has 2 fully saturated rings. The number of likely N-dealkylation sites (tertiary alicyclic amines) is 1. The highest BCUT2D eigenvalue weighted by molar-refractivity contribution is 5.82. The second-order valence-electron chi connectivity index (χ2n) is 6.75. The van der Waals surface area contributed by atoms with Gasteiger partial charge in [-0.25, -0.2) is 15.2 Å². The SMILES string of the molecule is O=C(C1CC(c2ccc(F)cc2)NN1)N1CCCC(n2cccn2)C1. The number of benzene rings is 1. The number of nitrogens with one attached hydrogen (secondary N) is 2. The summed E-state index contributed by atoms with van der Waals surface area (Å²) in [5.41, 5.74) is 7.26. The molecule has 2 aliphatic heterocycles. The second-order valence-corrected chi connectivity index (χ2v) is 6.75. The number of carbonyl (C=O) groups is 1. The smallest absolute Gasteiger partial charge is 0.241 e. The largest absolute Gasteiger partial charge is 0.339 e. The summed E-state index contributed by atoms with van der Waals surface area (Å²) >= 11 is 0. The summed E-state index contributed by atoms with van der Waals surface area (Å²) in [4.78, 5) is 14.8. The highest BCUT2D eigenvalue weighted by Crippen LogP contribution is 2.26. The van der Waals surface area contributed by atoms with E-state index in [1.807, 2.05) is 21.8 Å². The van der Waals surface area contributed by atoms with E-state index in [0.29, 0.717) is 13.0 Å². The molecule has 0 radical (unpaired) electrons. The molecule has 2 N–H and O–H groups in total. The molecule has 6 nitrogen and oxygen atoms in total. The highest BCUT2D eigenvalue weighted by Gasteiger charge is 2.35. The van der Waals surface area contributed by atoms with Crippen molar-refractivity contribution in [2.45, 2.75) is 37.4 Å². The van der Waals surface area contributed by atoms with Gasteiger partial charge in [0.1, 0.15) is 11.9 Å². The Labute approximate surface area is 146 Å². The van der Waals surface area contributed by atoms with Crippen LogP contribution in [0.2, 0.25) is 0 Å². The van der Waals surface area contributed by atoms with Gasteiger partial charge in [-0.15, -0.1) is 0 Å². The van der Waals surface area contributed by atoms with Crippen molar-refractivity contribution >= 4 is 5.91 Å². The molecule has 0 saturated carbocycles. The lowest BCUT2D eigenvalue weighted by molar-refractivity contribution is -0.134. The van der Waals surface area contributed by atoms with Crippen molar-refractivity contribution in [1.29, 1.82) is 0 Å². The molecule has 4 rings (SSSR count). The fourth-order valence-corrected chi connectivity index (χ4v) is 3.72. The van der Waals surface area contributed by atoms with Crippen molar-refractivity contribution in [3.05, 3.63) is 54.1 Å². The normalized spacial score (nSPS) is 26.8. The molecule has 1 aromatic heterocycles. The molecule has 0 spiro atoms. The van der Waals surface area contributed by atoms with Crippen LogP contribution in [-0.2, 0) is 4.79 Å². The molecule has 7 heteroatoms.